The van der Waals surface area contributed by atoms with E-state index < -0.39 is 29.0 Å². The summed E-state index contributed by atoms with van der Waals surface area (Å²) in [5.41, 5.74) is 10.3. The number of aromatic nitrogens is 2. The van der Waals surface area contributed by atoms with Crippen molar-refractivity contribution >= 4 is 43.6 Å². The molecular formula is C63H45F6N3. The number of benzene rings is 9. The molecule has 0 aliphatic rings. The predicted octanol–water partition coefficient (Wildman–Crippen LogP) is 18.3. The topological polar surface area (TPSA) is 33.6 Å². The molecule has 2 heterocycles. The monoisotopic (exact) mass is 957 g/mol. The van der Waals surface area contributed by atoms with E-state index in [0.717, 1.165) is 94.3 Å². The lowest BCUT2D eigenvalue weighted by Gasteiger charge is -2.25. The van der Waals surface area contributed by atoms with Gasteiger partial charge in [0.15, 0.2) is 0 Å². The molecule has 3 nitrogen and oxygen atoms in total. The maximum atomic E-state index is 15.5. The van der Waals surface area contributed by atoms with Gasteiger partial charge in [-0.25, -0.2) is 0 Å². The van der Waals surface area contributed by atoms with Crippen LogP contribution in [0.5, 0.6) is 0 Å². The number of hydrogen-bond donors (Lipinski definition) is 0. The molecule has 11 rings (SSSR count). The second-order valence-electron chi connectivity index (χ2n) is 19.0. The zero-order chi connectivity index (χ0) is 50.5. The quantitative estimate of drug-likeness (QED) is 0.153. The molecule has 0 unspecified atom stereocenters. The minimum Gasteiger partial charge on any atom is -0.309 e. The highest BCUT2D eigenvalue weighted by atomic mass is 19.4. The summed E-state index contributed by atoms with van der Waals surface area (Å²) in [6, 6.07) is 50.3. The van der Waals surface area contributed by atoms with Crippen molar-refractivity contribution in [1.29, 1.82) is 5.26 Å². The molecule has 0 saturated heterocycles. The van der Waals surface area contributed by atoms with Crippen molar-refractivity contribution in [3.63, 3.8) is 0 Å². The van der Waals surface area contributed by atoms with Crippen LogP contribution in [0.4, 0.5) is 26.3 Å². The van der Waals surface area contributed by atoms with E-state index in [9.17, 15) is 5.26 Å². The van der Waals surface area contributed by atoms with E-state index >= 15 is 26.3 Å². The molecule has 0 atom stereocenters. The number of nitriles is 1. The van der Waals surface area contributed by atoms with Gasteiger partial charge in [-0.05, 0) is 158 Å². The van der Waals surface area contributed by atoms with Gasteiger partial charge in [-0.1, -0.05) is 108 Å². The van der Waals surface area contributed by atoms with Crippen LogP contribution < -0.4 is 0 Å². The minimum atomic E-state index is -5.20. The molecular weight excluding hydrogens is 913 g/mol. The summed E-state index contributed by atoms with van der Waals surface area (Å²) in [6.45, 7) is 12.4. The van der Waals surface area contributed by atoms with Crippen molar-refractivity contribution in [2.24, 2.45) is 0 Å². The van der Waals surface area contributed by atoms with Gasteiger partial charge in [0.1, 0.15) is 0 Å². The van der Waals surface area contributed by atoms with Gasteiger partial charge in [-0.3, -0.25) is 0 Å². The average molecular weight is 958 g/mol. The number of nitrogens with zero attached hydrogens (tertiary/aromatic N) is 3. The molecule has 9 aromatic carbocycles. The standard InChI is InChI=1S/C63H45F6N3/c1-35-28-37(3)57(38(4)29-35)41-24-26-53-47(32-41)44-15-7-9-20-51(44)71(53)55-22-11-14-43(34-70)59(55)61-46(60-49(62(64,65)66)18-13-19-50(60)63(67,68)69)17-12-23-56(61)72-52-21-10-8-16-45(52)48-33-42(25-27-54(48)72)58-39(5)30-36(2)31-40(58)6/h7-33H,1-6H3. The smallest absolute Gasteiger partial charge is 0.309 e. The summed E-state index contributed by atoms with van der Waals surface area (Å²) in [5, 5.41) is 14.6. The molecule has 0 aliphatic carbocycles. The van der Waals surface area contributed by atoms with E-state index in [-0.39, 0.29) is 27.9 Å². The molecule has 11 aromatic rings. The third-order valence-electron chi connectivity index (χ3n) is 14.2. The fraction of sp³-hybridized carbons (Fsp3) is 0.127. The maximum absolute atomic E-state index is 15.5. The first-order valence-corrected chi connectivity index (χ1v) is 23.6. The van der Waals surface area contributed by atoms with E-state index in [0.29, 0.717) is 28.9 Å². The van der Waals surface area contributed by atoms with Gasteiger partial charge in [0.2, 0.25) is 0 Å². The molecule has 72 heavy (non-hydrogen) atoms. The average Bonchev–Trinajstić information content (AvgIpc) is 3.84. The highest BCUT2D eigenvalue weighted by molar-refractivity contribution is 6.14. The molecule has 0 aliphatic heterocycles. The zero-order valence-corrected chi connectivity index (χ0v) is 40.2. The van der Waals surface area contributed by atoms with Gasteiger partial charge in [0.25, 0.3) is 0 Å². The van der Waals surface area contributed by atoms with Crippen LogP contribution in [0.15, 0.2) is 164 Å². The Hall–Kier alpha value is -8.35. The predicted molar refractivity (Wildman–Crippen MR) is 280 cm³/mol. The van der Waals surface area contributed by atoms with Crippen molar-refractivity contribution in [2.45, 2.75) is 53.9 Å². The Bertz CT molecular complexity index is 4020. The Morgan fingerprint density at radius 3 is 1.22 bits per heavy atom. The van der Waals surface area contributed by atoms with Gasteiger partial charge < -0.3 is 9.13 Å². The second-order valence-corrected chi connectivity index (χ2v) is 19.0. The van der Waals surface area contributed by atoms with Gasteiger partial charge in [-0.15, -0.1) is 0 Å². The van der Waals surface area contributed by atoms with Gasteiger partial charge in [-0.2, -0.15) is 31.6 Å². The third-order valence-corrected chi connectivity index (χ3v) is 14.2. The van der Waals surface area contributed by atoms with Gasteiger partial charge in [0.05, 0.1) is 56.2 Å². The van der Waals surface area contributed by atoms with E-state index in [1.54, 1.807) is 24.3 Å². The summed E-state index contributed by atoms with van der Waals surface area (Å²) in [6.07, 6.45) is -10.4. The first kappa shape index (κ1) is 46.1. The van der Waals surface area contributed by atoms with Crippen LogP contribution in [0.2, 0.25) is 0 Å². The van der Waals surface area contributed by atoms with Crippen molar-refractivity contribution in [3.8, 4) is 62.0 Å². The number of rotatable bonds is 6. The van der Waals surface area contributed by atoms with Crippen molar-refractivity contribution < 1.29 is 26.3 Å². The Balaban J connectivity index is 1.29. The molecule has 2 aromatic heterocycles. The fourth-order valence-electron chi connectivity index (χ4n) is 11.6. The van der Waals surface area contributed by atoms with Crippen LogP contribution in [0.25, 0.3) is 99.5 Å². The van der Waals surface area contributed by atoms with Crippen molar-refractivity contribution in [3.05, 3.63) is 214 Å². The van der Waals surface area contributed by atoms with Crippen LogP contribution in [-0.4, -0.2) is 9.13 Å². The number of fused-ring (bicyclic) bond motifs is 6. The van der Waals surface area contributed by atoms with Crippen molar-refractivity contribution in [1.82, 2.24) is 9.13 Å². The van der Waals surface area contributed by atoms with E-state index in [4.69, 9.17) is 0 Å². The van der Waals surface area contributed by atoms with Crippen LogP contribution in [0, 0.1) is 52.9 Å². The summed E-state index contributed by atoms with van der Waals surface area (Å²) in [4.78, 5) is 0. The SMILES string of the molecule is Cc1cc(C)c(-c2ccc3c(c2)c2ccccc2n3-c2cccc(C#N)c2-c2c(-c3c(C(F)(F)F)cccc3C(F)(F)F)cccc2-n2c3ccccc3c3cc(-c4c(C)cc(C)cc4C)ccc32)c(C)c1. The highest BCUT2D eigenvalue weighted by Gasteiger charge is 2.42. The fourth-order valence-corrected chi connectivity index (χ4v) is 11.6. The van der Waals surface area contributed by atoms with Crippen LogP contribution in [0.3, 0.4) is 0 Å². The number of para-hydroxylation sites is 2. The molecule has 0 spiro atoms. The molecule has 354 valence electrons. The molecule has 9 heteroatoms. The largest absolute Gasteiger partial charge is 0.417 e. The molecule has 0 saturated carbocycles. The van der Waals surface area contributed by atoms with E-state index in [2.05, 4.69) is 84.0 Å². The third kappa shape index (κ3) is 7.35. The van der Waals surface area contributed by atoms with Crippen molar-refractivity contribution in [2.75, 3.05) is 0 Å². The Labute approximate surface area is 412 Å². The number of aryl methyl sites for hydroxylation is 6. The lowest BCUT2D eigenvalue weighted by Crippen LogP contribution is -2.15. The molecule has 0 fully saturated rings. The summed E-state index contributed by atoms with van der Waals surface area (Å²) in [7, 11) is 0. The first-order chi connectivity index (χ1) is 34.4. The minimum absolute atomic E-state index is 0.0252. The summed E-state index contributed by atoms with van der Waals surface area (Å²) in [5.74, 6) is 0. The van der Waals surface area contributed by atoms with Gasteiger partial charge in [0, 0.05) is 38.2 Å². The Morgan fingerprint density at radius 1 is 0.375 bits per heavy atom. The number of alkyl halides is 6. The summed E-state index contributed by atoms with van der Waals surface area (Å²) >= 11 is 0. The molecule has 0 amide bonds. The van der Waals surface area contributed by atoms with E-state index in [1.165, 1.54) is 12.1 Å². The highest BCUT2D eigenvalue weighted by Crippen LogP contribution is 2.52. The number of hydrogen-bond acceptors (Lipinski definition) is 1. The lowest BCUT2D eigenvalue weighted by atomic mass is 9.85. The second kappa shape index (κ2) is 16.9. The van der Waals surface area contributed by atoms with Gasteiger partial charge >= 0.3 is 12.4 Å². The summed E-state index contributed by atoms with van der Waals surface area (Å²) < 4.78 is 96.7. The molecule has 0 N–H and O–H groups in total. The maximum Gasteiger partial charge on any atom is 0.417 e. The van der Waals surface area contributed by atoms with Crippen LogP contribution in [-0.2, 0) is 12.4 Å². The van der Waals surface area contributed by atoms with E-state index in [1.807, 2.05) is 81.9 Å². The molecule has 0 bridgehead atoms. The number of halogens is 6. The zero-order valence-electron chi connectivity index (χ0n) is 40.2. The normalized spacial score (nSPS) is 12.2. The van der Waals surface area contributed by atoms with Crippen LogP contribution in [0.1, 0.15) is 50.1 Å². The first-order valence-electron chi connectivity index (χ1n) is 23.6. The Kier molecular flexibility index (Phi) is 10.8. The lowest BCUT2D eigenvalue weighted by molar-refractivity contribution is -0.142. The molecule has 0 radical (unpaired) electrons. The Morgan fingerprint density at radius 2 is 0.778 bits per heavy atom. The van der Waals surface area contributed by atoms with Crippen LogP contribution >= 0.6 is 0 Å².